The predicted octanol–water partition coefficient (Wildman–Crippen LogP) is 3.69. The Bertz CT molecular complexity index is 999. The van der Waals surface area contributed by atoms with Gasteiger partial charge < -0.3 is 19.5 Å². The highest BCUT2D eigenvalue weighted by Gasteiger charge is 2.14. The molecule has 0 aliphatic rings. The maximum absolute atomic E-state index is 11.1. The number of aromatic nitrogens is 1. The molecule has 0 unspecified atom stereocenters. The molecule has 0 fully saturated rings. The number of aromatic carboxylic acids is 1. The van der Waals surface area contributed by atoms with E-state index in [0.717, 1.165) is 17.3 Å². The number of carbonyl (C=O) groups is 1. The minimum Gasteiger partial charge on any atom is -0.507 e. The zero-order chi connectivity index (χ0) is 18.0. The zero-order valence-corrected chi connectivity index (χ0v) is 13.6. The van der Waals surface area contributed by atoms with Crippen LogP contribution in [-0.2, 0) is 0 Å². The van der Waals surface area contributed by atoms with E-state index in [2.05, 4.69) is 6.07 Å². The highest BCUT2D eigenvalue weighted by molar-refractivity contribution is 5.92. The molecule has 0 amide bonds. The summed E-state index contributed by atoms with van der Waals surface area (Å²) in [7, 11) is 0. The van der Waals surface area contributed by atoms with Gasteiger partial charge in [-0.1, -0.05) is 6.92 Å². The molecule has 126 valence electrons. The van der Waals surface area contributed by atoms with Crippen LogP contribution < -0.4 is 4.74 Å². The quantitative estimate of drug-likeness (QED) is 0.741. The van der Waals surface area contributed by atoms with Crippen molar-refractivity contribution in [3.63, 3.8) is 0 Å². The summed E-state index contributed by atoms with van der Waals surface area (Å²) in [5, 5.41) is 29.1. The molecule has 3 rings (SSSR count). The van der Waals surface area contributed by atoms with E-state index < -0.39 is 5.97 Å². The number of phenols is 1. The molecule has 0 aliphatic carbocycles. The van der Waals surface area contributed by atoms with Crippen molar-refractivity contribution in [3.05, 3.63) is 53.7 Å². The number of nitrogens with zero attached hydrogens (tertiary/aromatic N) is 2. The molecular formula is C19H16N2O4. The van der Waals surface area contributed by atoms with Crippen LogP contribution >= 0.6 is 0 Å². The lowest BCUT2D eigenvalue weighted by atomic mass is 10.1. The molecule has 6 heteroatoms. The molecule has 0 saturated heterocycles. The van der Waals surface area contributed by atoms with Crippen molar-refractivity contribution in [1.82, 2.24) is 4.57 Å². The summed E-state index contributed by atoms with van der Waals surface area (Å²) in [5.74, 6) is -0.845. The average molecular weight is 336 g/mol. The summed E-state index contributed by atoms with van der Waals surface area (Å²) in [4.78, 5) is 11.1. The Morgan fingerprint density at radius 1 is 1.28 bits per heavy atom. The van der Waals surface area contributed by atoms with Crippen LogP contribution in [0.1, 0.15) is 29.3 Å². The summed E-state index contributed by atoms with van der Waals surface area (Å²) in [6.07, 6.45) is 2.54. The molecule has 0 bridgehead atoms. The third-order valence-electron chi connectivity index (χ3n) is 3.86. The second-order valence-corrected chi connectivity index (χ2v) is 5.56. The second kappa shape index (κ2) is 6.57. The third kappa shape index (κ3) is 3.00. The minimum atomic E-state index is -1.20. The lowest BCUT2D eigenvalue weighted by Crippen LogP contribution is -1.99. The number of benzene rings is 2. The predicted molar refractivity (Wildman–Crippen MR) is 92.4 cm³/mol. The van der Waals surface area contributed by atoms with Crippen molar-refractivity contribution in [1.29, 1.82) is 5.26 Å². The molecule has 1 aromatic heterocycles. The van der Waals surface area contributed by atoms with E-state index in [-0.39, 0.29) is 11.3 Å². The highest BCUT2D eigenvalue weighted by atomic mass is 16.5. The van der Waals surface area contributed by atoms with Gasteiger partial charge in [0.1, 0.15) is 23.1 Å². The smallest absolute Gasteiger partial charge is 0.339 e. The van der Waals surface area contributed by atoms with E-state index in [1.165, 1.54) is 12.1 Å². The number of rotatable bonds is 5. The summed E-state index contributed by atoms with van der Waals surface area (Å²) < 4.78 is 7.38. The number of nitriles is 1. The van der Waals surface area contributed by atoms with Crippen LogP contribution in [-0.4, -0.2) is 27.4 Å². The van der Waals surface area contributed by atoms with Crippen LogP contribution in [0, 0.1) is 11.3 Å². The minimum absolute atomic E-state index is 0.173. The molecule has 3 aromatic rings. The maximum atomic E-state index is 11.1. The van der Waals surface area contributed by atoms with E-state index in [0.29, 0.717) is 23.6 Å². The van der Waals surface area contributed by atoms with E-state index in [1.807, 2.05) is 25.1 Å². The molecular weight excluding hydrogens is 320 g/mol. The zero-order valence-electron chi connectivity index (χ0n) is 13.6. The van der Waals surface area contributed by atoms with E-state index in [4.69, 9.17) is 9.84 Å². The first-order chi connectivity index (χ1) is 12.0. The first-order valence-electron chi connectivity index (χ1n) is 7.80. The molecule has 2 aromatic carbocycles. The molecule has 0 spiro atoms. The normalized spacial score (nSPS) is 10.6. The number of fused-ring (bicyclic) bond motifs is 1. The van der Waals surface area contributed by atoms with Crippen molar-refractivity contribution in [2.24, 2.45) is 0 Å². The van der Waals surface area contributed by atoms with E-state index in [1.54, 1.807) is 16.8 Å². The van der Waals surface area contributed by atoms with Gasteiger partial charge in [0, 0.05) is 29.4 Å². The van der Waals surface area contributed by atoms with Gasteiger partial charge in [-0.25, -0.2) is 4.79 Å². The number of hydrogen-bond donors (Lipinski definition) is 2. The first-order valence-corrected chi connectivity index (χ1v) is 7.80. The molecule has 0 radical (unpaired) electrons. The molecule has 2 N–H and O–H groups in total. The average Bonchev–Trinajstić information content (AvgIpc) is 2.97. The molecule has 25 heavy (non-hydrogen) atoms. The van der Waals surface area contributed by atoms with Crippen molar-refractivity contribution in [2.75, 3.05) is 6.61 Å². The third-order valence-corrected chi connectivity index (χ3v) is 3.86. The second-order valence-electron chi connectivity index (χ2n) is 5.56. The van der Waals surface area contributed by atoms with Gasteiger partial charge in [-0.3, -0.25) is 0 Å². The number of ether oxygens (including phenoxy) is 1. The van der Waals surface area contributed by atoms with Gasteiger partial charge in [0.25, 0.3) is 0 Å². The number of carboxylic acid groups (broad SMARTS) is 1. The van der Waals surface area contributed by atoms with Crippen molar-refractivity contribution < 1.29 is 19.7 Å². The Kier molecular flexibility index (Phi) is 4.31. The monoisotopic (exact) mass is 336 g/mol. The fourth-order valence-electron chi connectivity index (χ4n) is 2.67. The molecule has 6 nitrogen and oxygen atoms in total. The summed E-state index contributed by atoms with van der Waals surface area (Å²) in [5.41, 5.74) is 1.61. The Labute approximate surface area is 144 Å². The Balaban J connectivity index is 2.16. The van der Waals surface area contributed by atoms with Crippen LogP contribution in [0.15, 0.2) is 42.6 Å². The van der Waals surface area contributed by atoms with Crippen LogP contribution in [0.5, 0.6) is 11.5 Å². The summed E-state index contributed by atoms with van der Waals surface area (Å²) in [6, 6.07) is 11.9. The lowest BCUT2D eigenvalue weighted by Gasteiger charge is -2.09. The Morgan fingerprint density at radius 2 is 2.08 bits per heavy atom. The van der Waals surface area contributed by atoms with Crippen LogP contribution in [0.4, 0.5) is 0 Å². The fraction of sp³-hybridized carbons (Fsp3) is 0.158. The van der Waals surface area contributed by atoms with E-state index >= 15 is 0 Å². The van der Waals surface area contributed by atoms with Gasteiger partial charge in [0.05, 0.1) is 17.7 Å². The van der Waals surface area contributed by atoms with Crippen molar-refractivity contribution >= 4 is 16.9 Å². The van der Waals surface area contributed by atoms with Gasteiger partial charge in [-0.05, 0) is 30.7 Å². The fourth-order valence-corrected chi connectivity index (χ4v) is 2.67. The highest BCUT2D eigenvalue weighted by Crippen LogP contribution is 2.30. The Morgan fingerprint density at radius 3 is 2.72 bits per heavy atom. The van der Waals surface area contributed by atoms with Crippen molar-refractivity contribution in [3.8, 4) is 23.3 Å². The van der Waals surface area contributed by atoms with Crippen LogP contribution in [0.2, 0.25) is 0 Å². The molecule has 0 atom stereocenters. The maximum Gasteiger partial charge on any atom is 0.339 e. The van der Waals surface area contributed by atoms with Crippen LogP contribution in [0.25, 0.3) is 16.6 Å². The molecule has 1 heterocycles. The van der Waals surface area contributed by atoms with Gasteiger partial charge in [0.15, 0.2) is 0 Å². The summed E-state index contributed by atoms with van der Waals surface area (Å²) >= 11 is 0. The van der Waals surface area contributed by atoms with Crippen molar-refractivity contribution in [2.45, 2.75) is 13.3 Å². The number of hydrogen-bond acceptors (Lipinski definition) is 4. The lowest BCUT2D eigenvalue weighted by molar-refractivity contribution is 0.0694. The SMILES string of the molecule is CCCOc1ccc2c(C#N)cn(-c3ccc(C(=O)O)c(O)c3)c2c1. The van der Waals surface area contributed by atoms with Crippen LogP contribution in [0.3, 0.4) is 0 Å². The topological polar surface area (TPSA) is 95.5 Å². The van der Waals surface area contributed by atoms with Gasteiger partial charge >= 0.3 is 5.97 Å². The largest absolute Gasteiger partial charge is 0.507 e. The van der Waals surface area contributed by atoms with Gasteiger partial charge in [0.2, 0.25) is 0 Å². The van der Waals surface area contributed by atoms with E-state index in [9.17, 15) is 15.2 Å². The molecule has 0 saturated carbocycles. The summed E-state index contributed by atoms with van der Waals surface area (Å²) in [6.45, 7) is 2.60. The number of carboxylic acids is 1. The Hall–Kier alpha value is -3.46. The molecule has 0 aliphatic heterocycles. The standard InChI is InChI=1S/C19H16N2O4/c1-2-7-25-14-4-6-15-12(10-20)11-21(17(15)9-14)13-3-5-16(19(23)24)18(22)8-13/h3-6,8-9,11,22H,2,7H2,1H3,(H,23,24). The first kappa shape index (κ1) is 16.4. The van der Waals surface area contributed by atoms with Gasteiger partial charge in [-0.2, -0.15) is 5.26 Å². The number of aromatic hydroxyl groups is 1. The van der Waals surface area contributed by atoms with Gasteiger partial charge in [-0.15, -0.1) is 0 Å².